The Morgan fingerprint density at radius 2 is 1.36 bits per heavy atom. The molecular formula is C24H28N2O2. The molecule has 2 saturated heterocycles. The molecule has 0 unspecified atom stereocenters. The highest BCUT2D eigenvalue weighted by Crippen LogP contribution is 2.23. The van der Waals surface area contributed by atoms with Gasteiger partial charge in [-0.2, -0.15) is 0 Å². The van der Waals surface area contributed by atoms with Crippen molar-refractivity contribution in [2.75, 3.05) is 26.2 Å². The summed E-state index contributed by atoms with van der Waals surface area (Å²) in [6.45, 7) is 3.23. The summed E-state index contributed by atoms with van der Waals surface area (Å²) < 4.78 is 0. The zero-order valence-electron chi connectivity index (χ0n) is 16.3. The molecule has 0 radical (unpaired) electrons. The summed E-state index contributed by atoms with van der Waals surface area (Å²) in [6.07, 6.45) is 4.29. The third-order valence-electron chi connectivity index (χ3n) is 6.03. The topological polar surface area (TPSA) is 40.6 Å². The van der Waals surface area contributed by atoms with Crippen LogP contribution in [-0.4, -0.2) is 47.8 Å². The van der Waals surface area contributed by atoms with Crippen LogP contribution in [0.2, 0.25) is 0 Å². The lowest BCUT2D eigenvalue weighted by Gasteiger charge is -2.33. The van der Waals surface area contributed by atoms with Gasteiger partial charge in [0.05, 0.1) is 6.42 Å². The van der Waals surface area contributed by atoms with Crippen LogP contribution in [0.1, 0.15) is 31.2 Å². The summed E-state index contributed by atoms with van der Waals surface area (Å²) >= 11 is 0. The van der Waals surface area contributed by atoms with Gasteiger partial charge in [0.25, 0.3) is 0 Å². The van der Waals surface area contributed by atoms with Crippen molar-refractivity contribution in [1.29, 1.82) is 0 Å². The minimum atomic E-state index is 0.104. The molecule has 28 heavy (non-hydrogen) atoms. The van der Waals surface area contributed by atoms with Gasteiger partial charge in [-0.25, -0.2) is 0 Å². The molecule has 0 atom stereocenters. The summed E-state index contributed by atoms with van der Waals surface area (Å²) in [4.78, 5) is 29.2. The second-order valence-corrected chi connectivity index (χ2v) is 7.93. The van der Waals surface area contributed by atoms with Crippen molar-refractivity contribution in [3.05, 3.63) is 60.2 Å². The van der Waals surface area contributed by atoms with Gasteiger partial charge in [0.15, 0.2) is 0 Å². The van der Waals surface area contributed by atoms with E-state index in [2.05, 4.69) is 24.3 Å². The SMILES string of the molecule is O=C(Cc1ccc(-c2ccccc2)cc1)N1CCC(C(=O)N2CCCC2)CC1. The molecule has 2 aromatic carbocycles. The third-order valence-corrected chi connectivity index (χ3v) is 6.03. The van der Waals surface area contributed by atoms with E-state index < -0.39 is 0 Å². The van der Waals surface area contributed by atoms with E-state index in [0.29, 0.717) is 25.4 Å². The van der Waals surface area contributed by atoms with Crippen molar-refractivity contribution in [2.45, 2.75) is 32.1 Å². The Morgan fingerprint density at radius 3 is 2.00 bits per heavy atom. The van der Waals surface area contributed by atoms with Gasteiger partial charge in [-0.3, -0.25) is 9.59 Å². The van der Waals surface area contributed by atoms with E-state index in [9.17, 15) is 9.59 Å². The van der Waals surface area contributed by atoms with Crippen molar-refractivity contribution in [3.8, 4) is 11.1 Å². The van der Waals surface area contributed by atoms with E-state index in [1.54, 1.807) is 0 Å². The smallest absolute Gasteiger partial charge is 0.226 e. The normalized spacial score (nSPS) is 17.7. The fourth-order valence-corrected chi connectivity index (χ4v) is 4.30. The van der Waals surface area contributed by atoms with Crippen LogP contribution in [0, 0.1) is 5.92 Å². The molecule has 4 heteroatoms. The second kappa shape index (κ2) is 8.59. The van der Waals surface area contributed by atoms with Crippen molar-refractivity contribution < 1.29 is 9.59 Å². The second-order valence-electron chi connectivity index (χ2n) is 7.93. The van der Waals surface area contributed by atoms with E-state index in [-0.39, 0.29) is 11.8 Å². The molecule has 146 valence electrons. The summed E-state index contributed by atoms with van der Waals surface area (Å²) in [7, 11) is 0. The molecule has 2 fully saturated rings. The zero-order chi connectivity index (χ0) is 19.3. The van der Waals surface area contributed by atoms with E-state index in [1.165, 1.54) is 5.56 Å². The quantitative estimate of drug-likeness (QED) is 0.815. The van der Waals surface area contributed by atoms with Gasteiger partial charge >= 0.3 is 0 Å². The number of carbonyl (C=O) groups excluding carboxylic acids is 2. The zero-order valence-corrected chi connectivity index (χ0v) is 16.3. The number of hydrogen-bond acceptors (Lipinski definition) is 2. The van der Waals surface area contributed by atoms with Gasteiger partial charge in [0, 0.05) is 32.1 Å². The average molecular weight is 377 g/mol. The molecule has 2 aromatic rings. The van der Waals surface area contributed by atoms with Crippen LogP contribution in [0.3, 0.4) is 0 Å². The van der Waals surface area contributed by atoms with Crippen molar-refractivity contribution in [3.63, 3.8) is 0 Å². The molecule has 0 aromatic heterocycles. The van der Waals surface area contributed by atoms with Crippen LogP contribution in [-0.2, 0) is 16.0 Å². The first-order chi connectivity index (χ1) is 13.7. The lowest BCUT2D eigenvalue weighted by atomic mass is 9.95. The first kappa shape index (κ1) is 18.7. The number of nitrogens with zero attached hydrogens (tertiary/aromatic N) is 2. The Bertz CT molecular complexity index is 802. The summed E-state index contributed by atoms with van der Waals surface area (Å²) in [6, 6.07) is 18.5. The minimum Gasteiger partial charge on any atom is -0.342 e. The maximum absolute atomic E-state index is 12.7. The lowest BCUT2D eigenvalue weighted by molar-refractivity contribution is -0.139. The average Bonchev–Trinajstić information content (AvgIpc) is 3.29. The predicted molar refractivity (Wildman–Crippen MR) is 111 cm³/mol. The van der Waals surface area contributed by atoms with Gasteiger partial charge in [-0.1, -0.05) is 54.6 Å². The highest BCUT2D eigenvalue weighted by atomic mass is 16.2. The van der Waals surface area contributed by atoms with E-state index >= 15 is 0 Å². The molecule has 4 nitrogen and oxygen atoms in total. The Balaban J connectivity index is 1.29. The number of piperidine rings is 1. The third kappa shape index (κ3) is 4.27. The summed E-state index contributed by atoms with van der Waals surface area (Å²) in [5, 5.41) is 0. The van der Waals surface area contributed by atoms with Crippen molar-refractivity contribution in [2.24, 2.45) is 5.92 Å². The van der Waals surface area contributed by atoms with Gasteiger partial charge in [-0.15, -0.1) is 0 Å². The fourth-order valence-electron chi connectivity index (χ4n) is 4.30. The van der Waals surface area contributed by atoms with Crippen LogP contribution >= 0.6 is 0 Å². The van der Waals surface area contributed by atoms with E-state index in [0.717, 1.165) is 49.9 Å². The maximum atomic E-state index is 12.7. The number of carbonyl (C=O) groups is 2. The molecule has 0 N–H and O–H groups in total. The highest BCUT2D eigenvalue weighted by Gasteiger charge is 2.31. The molecule has 0 bridgehead atoms. The number of likely N-dealkylation sites (tertiary alicyclic amines) is 2. The molecule has 2 amide bonds. The Morgan fingerprint density at radius 1 is 0.750 bits per heavy atom. The number of hydrogen-bond donors (Lipinski definition) is 0. The van der Waals surface area contributed by atoms with Gasteiger partial charge in [0.1, 0.15) is 0 Å². The summed E-state index contributed by atoms with van der Waals surface area (Å²) in [5.41, 5.74) is 3.39. The number of benzene rings is 2. The van der Waals surface area contributed by atoms with Crippen LogP contribution in [0.4, 0.5) is 0 Å². The van der Waals surface area contributed by atoms with Crippen molar-refractivity contribution in [1.82, 2.24) is 9.80 Å². The lowest BCUT2D eigenvalue weighted by Crippen LogP contribution is -2.44. The molecule has 2 heterocycles. The molecular weight excluding hydrogens is 348 g/mol. The number of rotatable bonds is 4. The Kier molecular flexibility index (Phi) is 5.75. The first-order valence-corrected chi connectivity index (χ1v) is 10.4. The monoisotopic (exact) mass is 376 g/mol. The van der Waals surface area contributed by atoms with Gasteiger partial charge in [0.2, 0.25) is 11.8 Å². The van der Waals surface area contributed by atoms with Crippen LogP contribution in [0.15, 0.2) is 54.6 Å². The fraction of sp³-hybridized carbons (Fsp3) is 0.417. The van der Waals surface area contributed by atoms with E-state index in [1.807, 2.05) is 40.1 Å². The van der Waals surface area contributed by atoms with Crippen LogP contribution in [0.25, 0.3) is 11.1 Å². The highest BCUT2D eigenvalue weighted by molar-refractivity contribution is 5.81. The molecule has 0 spiro atoms. The molecule has 4 rings (SSSR count). The molecule has 0 aliphatic carbocycles. The molecule has 2 aliphatic heterocycles. The Hall–Kier alpha value is -2.62. The maximum Gasteiger partial charge on any atom is 0.226 e. The van der Waals surface area contributed by atoms with Gasteiger partial charge < -0.3 is 9.80 Å². The number of amides is 2. The van der Waals surface area contributed by atoms with Crippen LogP contribution < -0.4 is 0 Å². The Labute approximate surface area is 167 Å². The predicted octanol–water partition coefficient (Wildman–Crippen LogP) is 3.76. The molecule has 2 aliphatic rings. The largest absolute Gasteiger partial charge is 0.342 e. The first-order valence-electron chi connectivity index (χ1n) is 10.4. The van der Waals surface area contributed by atoms with Crippen molar-refractivity contribution >= 4 is 11.8 Å². The van der Waals surface area contributed by atoms with E-state index in [4.69, 9.17) is 0 Å². The van der Waals surface area contributed by atoms with Gasteiger partial charge in [-0.05, 0) is 42.4 Å². The standard InChI is InChI=1S/C24H28N2O2/c27-23(18-19-8-10-21(11-9-19)20-6-2-1-3-7-20)25-16-12-22(13-17-25)24(28)26-14-4-5-15-26/h1-3,6-11,22H,4-5,12-18H2. The minimum absolute atomic E-state index is 0.104. The van der Waals surface area contributed by atoms with Crippen LogP contribution in [0.5, 0.6) is 0 Å². The molecule has 0 saturated carbocycles. The summed E-state index contributed by atoms with van der Waals surface area (Å²) in [5.74, 6) is 0.577.